The summed E-state index contributed by atoms with van der Waals surface area (Å²) in [7, 11) is 0. The lowest BCUT2D eigenvalue weighted by Crippen LogP contribution is -2.24. The van der Waals surface area contributed by atoms with Gasteiger partial charge in [-0.1, -0.05) is 119 Å². The van der Waals surface area contributed by atoms with E-state index in [1.54, 1.807) is 0 Å². The number of fused-ring (bicyclic) bond motifs is 13. The highest BCUT2D eigenvalue weighted by atomic mass is 16.3. The van der Waals surface area contributed by atoms with Crippen molar-refractivity contribution in [3.63, 3.8) is 0 Å². The number of furan rings is 2. The van der Waals surface area contributed by atoms with Gasteiger partial charge >= 0.3 is 0 Å². The van der Waals surface area contributed by atoms with Crippen molar-refractivity contribution in [1.82, 2.24) is 0 Å². The van der Waals surface area contributed by atoms with E-state index in [4.69, 9.17) is 8.83 Å². The molecule has 0 saturated carbocycles. The van der Waals surface area contributed by atoms with Crippen LogP contribution in [0.1, 0.15) is 49.9 Å². The molecule has 0 spiro atoms. The first-order valence-corrected chi connectivity index (χ1v) is 17.6. The van der Waals surface area contributed by atoms with Crippen molar-refractivity contribution in [2.75, 3.05) is 0 Å². The Hall–Kier alpha value is -5.86. The average Bonchev–Trinajstić information content (AvgIpc) is 3.82. The van der Waals surface area contributed by atoms with Crippen molar-refractivity contribution in [3.05, 3.63) is 156 Å². The van der Waals surface area contributed by atoms with Crippen molar-refractivity contribution in [1.29, 1.82) is 0 Å². The summed E-state index contributed by atoms with van der Waals surface area (Å²) in [4.78, 5) is 0. The second kappa shape index (κ2) is 9.43. The lowest BCUT2D eigenvalue weighted by atomic mass is 9.72. The van der Waals surface area contributed by atoms with Crippen molar-refractivity contribution in [3.8, 4) is 44.5 Å². The predicted octanol–water partition coefficient (Wildman–Crippen LogP) is 13.4. The molecule has 9 aromatic rings. The molecular formula is C48H34O2. The molecule has 0 bridgehead atoms. The van der Waals surface area contributed by atoms with Crippen LogP contribution in [0.15, 0.2) is 142 Å². The third kappa shape index (κ3) is 3.58. The quantitative estimate of drug-likeness (QED) is 0.188. The largest absolute Gasteiger partial charge is 0.456 e. The summed E-state index contributed by atoms with van der Waals surface area (Å²) in [6.07, 6.45) is 0. The van der Waals surface area contributed by atoms with Gasteiger partial charge in [-0.05, 0) is 109 Å². The van der Waals surface area contributed by atoms with Crippen LogP contribution in [0.5, 0.6) is 0 Å². The minimum Gasteiger partial charge on any atom is -0.456 e. The minimum atomic E-state index is -0.123. The van der Waals surface area contributed by atoms with Gasteiger partial charge in [0.2, 0.25) is 0 Å². The van der Waals surface area contributed by atoms with Crippen LogP contribution in [0.2, 0.25) is 0 Å². The van der Waals surface area contributed by atoms with Crippen molar-refractivity contribution >= 4 is 43.9 Å². The molecule has 0 unspecified atom stereocenters. The zero-order valence-electron chi connectivity index (χ0n) is 28.5. The van der Waals surface area contributed by atoms with Crippen LogP contribution in [-0.2, 0) is 10.8 Å². The average molecular weight is 643 g/mol. The molecule has 11 rings (SSSR count). The second-order valence-corrected chi connectivity index (χ2v) is 15.3. The molecule has 2 heterocycles. The Morgan fingerprint density at radius 3 is 1.62 bits per heavy atom. The summed E-state index contributed by atoms with van der Waals surface area (Å²) in [6.45, 7) is 9.63. The van der Waals surface area contributed by atoms with Crippen LogP contribution in [0, 0.1) is 0 Å². The minimum absolute atomic E-state index is 0.0484. The Labute approximate surface area is 290 Å². The molecule has 0 saturated heterocycles. The van der Waals surface area contributed by atoms with Crippen LogP contribution < -0.4 is 0 Å². The van der Waals surface area contributed by atoms with Crippen LogP contribution >= 0.6 is 0 Å². The van der Waals surface area contributed by atoms with E-state index in [0.717, 1.165) is 49.4 Å². The molecule has 2 aromatic heterocycles. The van der Waals surface area contributed by atoms with Gasteiger partial charge in [0.15, 0.2) is 0 Å². The van der Waals surface area contributed by atoms with E-state index < -0.39 is 0 Å². The Kier molecular flexibility index (Phi) is 5.28. The Morgan fingerprint density at radius 2 is 0.860 bits per heavy atom. The summed E-state index contributed by atoms with van der Waals surface area (Å²) in [5, 5.41) is 4.36. The molecule has 2 aliphatic rings. The maximum atomic E-state index is 6.37. The fourth-order valence-electron chi connectivity index (χ4n) is 9.41. The Balaban J connectivity index is 1.00. The van der Waals surface area contributed by atoms with E-state index in [1.165, 1.54) is 61.2 Å². The fraction of sp³-hybridized carbons (Fsp3) is 0.125. The van der Waals surface area contributed by atoms with Gasteiger partial charge in [0, 0.05) is 32.4 Å². The first-order valence-electron chi connectivity index (χ1n) is 17.6. The van der Waals surface area contributed by atoms with Gasteiger partial charge in [-0.25, -0.2) is 0 Å². The molecule has 2 aliphatic carbocycles. The molecule has 238 valence electrons. The zero-order chi connectivity index (χ0) is 33.5. The second-order valence-electron chi connectivity index (χ2n) is 15.3. The first kappa shape index (κ1) is 28.0. The lowest BCUT2D eigenvalue weighted by molar-refractivity contribution is 0.601. The number of hydrogen-bond acceptors (Lipinski definition) is 2. The maximum Gasteiger partial charge on any atom is 0.136 e. The highest BCUT2D eigenvalue weighted by Crippen LogP contribution is 2.59. The van der Waals surface area contributed by atoms with Crippen LogP contribution in [-0.4, -0.2) is 0 Å². The third-order valence-electron chi connectivity index (χ3n) is 11.8. The van der Waals surface area contributed by atoms with E-state index in [0.29, 0.717) is 0 Å². The van der Waals surface area contributed by atoms with Gasteiger partial charge in [-0.3, -0.25) is 0 Å². The number of para-hydroxylation sites is 1. The van der Waals surface area contributed by atoms with Gasteiger partial charge in [-0.2, -0.15) is 0 Å². The summed E-state index contributed by atoms with van der Waals surface area (Å²) < 4.78 is 12.6. The van der Waals surface area contributed by atoms with Crippen LogP contribution in [0.25, 0.3) is 88.4 Å². The van der Waals surface area contributed by atoms with E-state index in [-0.39, 0.29) is 10.8 Å². The molecule has 7 aromatic carbocycles. The van der Waals surface area contributed by atoms with Crippen LogP contribution in [0.3, 0.4) is 0 Å². The SMILES string of the molecule is CC1(C)c2ccccc2-c2ccc3c(c21)C(C)(C)c1cc(-c2cccc(-c4ccc5oc6cc7c(cc6c5c4)oc4ccccc47)c2)ccc1-3. The molecule has 0 atom stereocenters. The van der Waals surface area contributed by atoms with Gasteiger partial charge in [-0.15, -0.1) is 0 Å². The van der Waals surface area contributed by atoms with E-state index in [2.05, 4.69) is 143 Å². The summed E-state index contributed by atoms with van der Waals surface area (Å²) in [5.74, 6) is 0. The Bertz CT molecular complexity index is 2930. The Morgan fingerprint density at radius 1 is 0.340 bits per heavy atom. The summed E-state index contributed by atoms with van der Waals surface area (Å²) >= 11 is 0. The standard InChI is InChI=1S/C48H34O2/c1-47(2)39-14-7-5-12-31(39)34-19-20-35-32-18-16-30(24-40(32)48(3,4)46(35)45(34)47)28-11-9-10-27(22-28)29-17-21-42-36(23-29)38-26-43-37(25-44(38)50-42)33-13-6-8-15-41(33)49-43/h5-26H,1-4H3. The number of rotatable bonds is 2. The smallest absolute Gasteiger partial charge is 0.136 e. The highest BCUT2D eigenvalue weighted by Gasteiger charge is 2.45. The van der Waals surface area contributed by atoms with Gasteiger partial charge in [0.1, 0.15) is 22.3 Å². The molecule has 2 heteroatoms. The molecule has 0 fully saturated rings. The van der Waals surface area contributed by atoms with Crippen molar-refractivity contribution in [2.45, 2.75) is 38.5 Å². The molecule has 0 aliphatic heterocycles. The normalized spacial score (nSPS) is 15.1. The fourth-order valence-corrected chi connectivity index (χ4v) is 9.41. The van der Waals surface area contributed by atoms with Gasteiger partial charge in [0.05, 0.1) is 0 Å². The molecule has 50 heavy (non-hydrogen) atoms. The zero-order valence-corrected chi connectivity index (χ0v) is 28.5. The van der Waals surface area contributed by atoms with Crippen LogP contribution in [0.4, 0.5) is 0 Å². The maximum absolute atomic E-state index is 6.37. The summed E-state index contributed by atoms with van der Waals surface area (Å²) in [5.41, 5.74) is 19.5. The summed E-state index contributed by atoms with van der Waals surface area (Å²) in [6, 6.07) is 48.7. The van der Waals surface area contributed by atoms with Gasteiger partial charge in [0.25, 0.3) is 0 Å². The molecule has 0 radical (unpaired) electrons. The monoisotopic (exact) mass is 642 g/mol. The highest BCUT2D eigenvalue weighted by molar-refractivity contribution is 6.15. The molecular weight excluding hydrogens is 609 g/mol. The van der Waals surface area contributed by atoms with E-state index >= 15 is 0 Å². The third-order valence-corrected chi connectivity index (χ3v) is 11.8. The van der Waals surface area contributed by atoms with Gasteiger partial charge < -0.3 is 8.83 Å². The molecule has 2 nitrogen and oxygen atoms in total. The number of benzene rings is 7. The molecule has 0 amide bonds. The van der Waals surface area contributed by atoms with E-state index in [9.17, 15) is 0 Å². The van der Waals surface area contributed by atoms with Crippen molar-refractivity contribution < 1.29 is 8.83 Å². The number of hydrogen-bond donors (Lipinski definition) is 0. The van der Waals surface area contributed by atoms with Crippen molar-refractivity contribution in [2.24, 2.45) is 0 Å². The molecule has 0 N–H and O–H groups in total. The topological polar surface area (TPSA) is 26.3 Å². The first-order chi connectivity index (χ1) is 24.3. The predicted molar refractivity (Wildman–Crippen MR) is 207 cm³/mol. The lowest BCUT2D eigenvalue weighted by Gasteiger charge is -2.30. The van der Waals surface area contributed by atoms with E-state index in [1.807, 2.05) is 18.2 Å².